The van der Waals surface area contributed by atoms with E-state index in [4.69, 9.17) is 15.9 Å². The van der Waals surface area contributed by atoms with Crippen molar-refractivity contribution < 1.29 is 4.74 Å². The van der Waals surface area contributed by atoms with Crippen molar-refractivity contribution >= 4 is 5.84 Å². The van der Waals surface area contributed by atoms with Crippen molar-refractivity contribution in [3.63, 3.8) is 0 Å². The summed E-state index contributed by atoms with van der Waals surface area (Å²) in [5, 5.41) is 7.48. The van der Waals surface area contributed by atoms with Gasteiger partial charge in [0.05, 0.1) is 0 Å². The fourth-order valence-corrected chi connectivity index (χ4v) is 3.23. The molecule has 3 N–H and O–H groups in total. The minimum atomic E-state index is -0.0577. The molecule has 5 heteroatoms. The van der Waals surface area contributed by atoms with Gasteiger partial charge in [0.1, 0.15) is 17.6 Å². The molecule has 0 amide bonds. The number of rotatable bonds is 3. The molecule has 0 spiro atoms. The van der Waals surface area contributed by atoms with Crippen LogP contribution in [0.15, 0.2) is 6.07 Å². The molecule has 20 heavy (non-hydrogen) atoms. The van der Waals surface area contributed by atoms with E-state index in [9.17, 15) is 0 Å². The Labute approximate surface area is 120 Å². The lowest BCUT2D eigenvalue weighted by Crippen LogP contribution is -2.34. The summed E-state index contributed by atoms with van der Waals surface area (Å²) >= 11 is 0. The predicted molar refractivity (Wildman–Crippen MR) is 79.0 cm³/mol. The van der Waals surface area contributed by atoms with Gasteiger partial charge in [0.15, 0.2) is 0 Å². The summed E-state index contributed by atoms with van der Waals surface area (Å²) in [5.74, 6) is 0.582. The van der Waals surface area contributed by atoms with Crippen LogP contribution in [-0.2, 0) is 0 Å². The van der Waals surface area contributed by atoms with E-state index in [0.29, 0.717) is 17.6 Å². The van der Waals surface area contributed by atoms with Gasteiger partial charge in [0.2, 0.25) is 0 Å². The van der Waals surface area contributed by atoms with Gasteiger partial charge in [-0.1, -0.05) is 20.8 Å². The monoisotopic (exact) mass is 276 g/mol. The van der Waals surface area contributed by atoms with E-state index in [1.807, 2.05) is 6.92 Å². The van der Waals surface area contributed by atoms with Gasteiger partial charge in [-0.15, -0.1) is 0 Å². The molecule has 1 aromatic heterocycles. The number of hydrogen-bond acceptors (Lipinski definition) is 4. The molecular formula is C15H24N4O. The van der Waals surface area contributed by atoms with Crippen LogP contribution in [0.25, 0.3) is 0 Å². The molecule has 1 aromatic rings. The lowest BCUT2D eigenvalue weighted by molar-refractivity contribution is 0.0498. The van der Waals surface area contributed by atoms with Crippen molar-refractivity contribution in [3.05, 3.63) is 17.5 Å². The van der Waals surface area contributed by atoms with E-state index >= 15 is 0 Å². The molecule has 1 aliphatic rings. The number of ether oxygens (including phenoxy) is 1. The Hall–Kier alpha value is -1.65. The highest BCUT2D eigenvalue weighted by molar-refractivity contribution is 5.93. The van der Waals surface area contributed by atoms with E-state index in [1.165, 1.54) is 6.42 Å². The first kappa shape index (κ1) is 14.8. The normalized spacial score (nSPS) is 25.2. The third-order valence-electron chi connectivity index (χ3n) is 3.73. The highest BCUT2D eigenvalue weighted by Gasteiger charge is 2.33. The Balaban J connectivity index is 2.15. The lowest BCUT2D eigenvalue weighted by Gasteiger charge is -2.38. The van der Waals surface area contributed by atoms with E-state index in [2.05, 4.69) is 30.7 Å². The van der Waals surface area contributed by atoms with Crippen LogP contribution >= 0.6 is 0 Å². The molecule has 0 aromatic carbocycles. The number of nitrogens with two attached hydrogens (primary N) is 1. The van der Waals surface area contributed by atoms with Gasteiger partial charge in [-0.25, -0.2) is 4.98 Å². The highest BCUT2D eigenvalue weighted by atomic mass is 16.5. The number of hydrogen-bond donors (Lipinski definition) is 2. The second-order valence-electron chi connectivity index (χ2n) is 6.74. The zero-order valence-electron chi connectivity index (χ0n) is 12.7. The molecule has 1 heterocycles. The first-order valence-corrected chi connectivity index (χ1v) is 7.12. The van der Waals surface area contributed by atoms with E-state index < -0.39 is 0 Å². The van der Waals surface area contributed by atoms with E-state index in [1.54, 1.807) is 6.07 Å². The van der Waals surface area contributed by atoms with Crippen molar-refractivity contribution in [2.45, 2.75) is 53.1 Å². The van der Waals surface area contributed by atoms with Crippen molar-refractivity contribution in [1.82, 2.24) is 9.97 Å². The van der Waals surface area contributed by atoms with Crippen LogP contribution in [0.4, 0.5) is 0 Å². The molecule has 110 valence electrons. The quantitative estimate of drug-likeness (QED) is 0.656. The fourth-order valence-electron chi connectivity index (χ4n) is 3.23. The fraction of sp³-hybridized carbons (Fsp3) is 0.667. The molecule has 1 saturated carbocycles. The average molecular weight is 276 g/mol. The maximum Gasteiger partial charge on any atom is 0.317 e. The summed E-state index contributed by atoms with van der Waals surface area (Å²) in [6.45, 7) is 8.66. The molecule has 2 unspecified atom stereocenters. The zero-order valence-corrected chi connectivity index (χ0v) is 12.7. The van der Waals surface area contributed by atoms with Gasteiger partial charge >= 0.3 is 6.01 Å². The number of aryl methyl sites for hydroxylation is 1. The molecule has 2 atom stereocenters. The summed E-state index contributed by atoms with van der Waals surface area (Å²) in [6, 6.07) is 2.04. The number of aromatic nitrogens is 2. The van der Waals surface area contributed by atoms with Gasteiger partial charge in [-0.3, -0.25) is 5.41 Å². The summed E-state index contributed by atoms with van der Waals surface area (Å²) in [7, 11) is 0. The summed E-state index contributed by atoms with van der Waals surface area (Å²) < 4.78 is 5.96. The Bertz CT molecular complexity index is 513. The van der Waals surface area contributed by atoms with Crippen molar-refractivity contribution in [2.75, 3.05) is 0 Å². The maximum absolute atomic E-state index is 7.48. The molecule has 0 aliphatic heterocycles. The Morgan fingerprint density at radius 2 is 2.10 bits per heavy atom. The van der Waals surface area contributed by atoms with Gasteiger partial charge in [-0.2, -0.15) is 4.98 Å². The van der Waals surface area contributed by atoms with Crippen LogP contribution in [0.1, 0.15) is 51.4 Å². The van der Waals surface area contributed by atoms with E-state index in [0.717, 1.165) is 18.5 Å². The van der Waals surface area contributed by atoms with Crippen LogP contribution in [0.3, 0.4) is 0 Å². The second kappa shape index (κ2) is 5.38. The molecule has 2 rings (SSSR count). The van der Waals surface area contributed by atoms with Crippen LogP contribution in [0.2, 0.25) is 0 Å². The standard InChI is InChI=1S/C15H24N4O/c1-9-5-11(8-15(3,4)7-9)20-14-18-10(2)6-12(19-14)13(16)17/h6,9,11H,5,7-8H2,1-4H3,(H3,16,17). The number of nitrogen functional groups attached to an aromatic ring is 1. The molecule has 0 saturated heterocycles. The summed E-state index contributed by atoms with van der Waals surface area (Å²) in [4.78, 5) is 8.51. The molecular weight excluding hydrogens is 252 g/mol. The Morgan fingerprint density at radius 3 is 2.70 bits per heavy atom. The van der Waals surface area contributed by atoms with Crippen molar-refractivity contribution in [3.8, 4) is 6.01 Å². The Morgan fingerprint density at radius 1 is 1.40 bits per heavy atom. The molecule has 0 radical (unpaired) electrons. The lowest BCUT2D eigenvalue weighted by atomic mass is 9.71. The van der Waals surface area contributed by atoms with Gasteiger partial charge < -0.3 is 10.5 Å². The number of amidine groups is 1. The smallest absolute Gasteiger partial charge is 0.317 e. The molecule has 5 nitrogen and oxygen atoms in total. The van der Waals surface area contributed by atoms with Gasteiger partial charge in [0.25, 0.3) is 0 Å². The minimum Gasteiger partial charge on any atom is -0.460 e. The van der Waals surface area contributed by atoms with Crippen molar-refractivity contribution in [1.29, 1.82) is 5.41 Å². The maximum atomic E-state index is 7.48. The summed E-state index contributed by atoms with van der Waals surface area (Å²) in [5.41, 5.74) is 6.97. The second-order valence-corrected chi connectivity index (χ2v) is 6.74. The van der Waals surface area contributed by atoms with Crippen molar-refractivity contribution in [2.24, 2.45) is 17.1 Å². The van der Waals surface area contributed by atoms with Crippen LogP contribution in [0, 0.1) is 23.7 Å². The molecule has 0 bridgehead atoms. The minimum absolute atomic E-state index is 0.0577. The first-order valence-electron chi connectivity index (χ1n) is 7.12. The first-order chi connectivity index (χ1) is 9.25. The van der Waals surface area contributed by atoms with Gasteiger partial charge in [-0.05, 0) is 43.6 Å². The average Bonchev–Trinajstić information content (AvgIpc) is 2.24. The third kappa shape index (κ3) is 3.68. The van der Waals surface area contributed by atoms with Crippen LogP contribution in [-0.4, -0.2) is 21.9 Å². The molecule has 1 aliphatic carbocycles. The third-order valence-corrected chi connectivity index (χ3v) is 3.73. The van der Waals surface area contributed by atoms with Gasteiger partial charge in [0, 0.05) is 5.69 Å². The van der Waals surface area contributed by atoms with Crippen LogP contribution in [0.5, 0.6) is 6.01 Å². The number of nitrogens with one attached hydrogen (secondary N) is 1. The summed E-state index contributed by atoms with van der Waals surface area (Å²) in [6.07, 6.45) is 3.39. The number of nitrogens with zero attached hydrogens (tertiary/aromatic N) is 2. The predicted octanol–water partition coefficient (Wildman–Crippen LogP) is 2.66. The SMILES string of the molecule is Cc1cc(C(=N)N)nc(OC2CC(C)CC(C)(C)C2)n1. The zero-order chi connectivity index (χ0) is 14.9. The highest BCUT2D eigenvalue weighted by Crippen LogP contribution is 2.39. The largest absolute Gasteiger partial charge is 0.460 e. The van der Waals surface area contributed by atoms with E-state index in [-0.39, 0.29) is 17.4 Å². The molecule has 1 fully saturated rings. The Kier molecular flexibility index (Phi) is 3.97. The topological polar surface area (TPSA) is 84.9 Å². The van der Waals surface area contributed by atoms with Crippen LogP contribution < -0.4 is 10.5 Å².